The summed E-state index contributed by atoms with van der Waals surface area (Å²) < 4.78 is 15.1. The minimum atomic E-state index is -0.695. The van der Waals surface area contributed by atoms with E-state index in [1.807, 2.05) is 30.3 Å². The summed E-state index contributed by atoms with van der Waals surface area (Å²) in [4.78, 5) is 35.0. The van der Waals surface area contributed by atoms with Gasteiger partial charge in [0.2, 0.25) is 0 Å². The Morgan fingerprint density at radius 3 is 2.54 bits per heavy atom. The van der Waals surface area contributed by atoms with Crippen molar-refractivity contribution in [1.29, 1.82) is 0 Å². The maximum Gasteiger partial charge on any atom is 0.346 e. The third-order valence-corrected chi connectivity index (χ3v) is 3.95. The Morgan fingerprint density at radius 2 is 1.75 bits per heavy atom. The van der Waals surface area contributed by atoms with Crippen molar-refractivity contribution in [1.82, 2.24) is 0 Å². The fourth-order valence-electron chi connectivity index (χ4n) is 2.64. The van der Waals surface area contributed by atoms with Crippen LogP contribution in [-0.4, -0.2) is 24.0 Å². The van der Waals surface area contributed by atoms with Gasteiger partial charge in [-0.25, -0.2) is 14.4 Å². The van der Waals surface area contributed by atoms with Crippen molar-refractivity contribution < 1.29 is 28.6 Å². The molecular weight excluding hydrogens is 312 g/mol. The van der Waals surface area contributed by atoms with Crippen LogP contribution in [0.15, 0.2) is 48.5 Å². The lowest BCUT2D eigenvalue weighted by Crippen LogP contribution is -2.12. The molecule has 0 saturated carbocycles. The van der Waals surface area contributed by atoms with Crippen LogP contribution in [0.2, 0.25) is 0 Å². The van der Waals surface area contributed by atoms with E-state index in [1.165, 1.54) is 12.1 Å². The zero-order valence-electron chi connectivity index (χ0n) is 12.4. The summed E-state index contributed by atoms with van der Waals surface area (Å²) in [5.41, 5.74) is 1.96. The van der Waals surface area contributed by atoms with E-state index in [0.717, 1.165) is 5.56 Å². The lowest BCUT2D eigenvalue weighted by atomic mass is 10.0. The van der Waals surface area contributed by atoms with E-state index in [9.17, 15) is 14.4 Å². The van der Waals surface area contributed by atoms with Gasteiger partial charge >= 0.3 is 17.9 Å². The first kappa shape index (κ1) is 14.6. The third-order valence-electron chi connectivity index (χ3n) is 3.95. The van der Waals surface area contributed by atoms with Crippen LogP contribution in [0.1, 0.15) is 37.9 Å². The zero-order chi connectivity index (χ0) is 16.7. The molecular formula is C18H12O6. The van der Waals surface area contributed by atoms with Gasteiger partial charge in [0.05, 0.1) is 11.1 Å². The quantitative estimate of drug-likeness (QED) is 0.487. The maximum atomic E-state index is 12.0. The van der Waals surface area contributed by atoms with Gasteiger partial charge in [0, 0.05) is 0 Å². The molecule has 2 aromatic rings. The summed E-state index contributed by atoms with van der Waals surface area (Å²) in [5, 5.41) is 0. The van der Waals surface area contributed by atoms with Crippen molar-refractivity contribution in [2.75, 3.05) is 0 Å². The third kappa shape index (κ3) is 2.57. The minimum absolute atomic E-state index is 0.178. The highest BCUT2D eigenvalue weighted by Gasteiger charge is 2.48. The molecule has 2 atom stereocenters. The van der Waals surface area contributed by atoms with Crippen LogP contribution >= 0.6 is 0 Å². The topological polar surface area (TPSA) is 82.2 Å². The van der Waals surface area contributed by atoms with E-state index < -0.39 is 30.1 Å². The average molecular weight is 324 g/mol. The molecule has 120 valence electrons. The standard InChI is InChI=1S/C18H12O6/c19-16-12-7-6-11(8-13(12)17(20)24-16)14-15(23-14)18(21)22-9-10-4-2-1-3-5-10/h1-8,14-15H,9H2/t14-,15?/m1/s1. The monoisotopic (exact) mass is 324 g/mol. The van der Waals surface area contributed by atoms with Crippen LogP contribution in [-0.2, 0) is 25.6 Å². The lowest BCUT2D eigenvalue weighted by molar-refractivity contribution is -0.146. The molecule has 1 saturated heterocycles. The second-order valence-electron chi connectivity index (χ2n) is 5.55. The van der Waals surface area contributed by atoms with E-state index in [0.29, 0.717) is 5.56 Å². The molecule has 6 heteroatoms. The van der Waals surface area contributed by atoms with Gasteiger partial charge in [0.1, 0.15) is 12.7 Å². The number of rotatable bonds is 4. The normalized spacial score (nSPS) is 21.2. The zero-order valence-corrected chi connectivity index (χ0v) is 12.4. The predicted octanol–water partition coefficient (Wildman–Crippen LogP) is 2.18. The molecule has 0 bridgehead atoms. The van der Waals surface area contributed by atoms with E-state index >= 15 is 0 Å². The number of esters is 3. The summed E-state index contributed by atoms with van der Waals surface area (Å²) in [5.74, 6) is -1.79. The van der Waals surface area contributed by atoms with E-state index in [1.54, 1.807) is 6.07 Å². The van der Waals surface area contributed by atoms with Crippen LogP contribution in [0, 0.1) is 0 Å². The van der Waals surface area contributed by atoms with Crippen LogP contribution < -0.4 is 0 Å². The molecule has 4 rings (SSSR count). The number of epoxide rings is 1. The largest absolute Gasteiger partial charge is 0.459 e. The Bertz CT molecular complexity index is 842. The highest BCUT2D eigenvalue weighted by atomic mass is 16.6. The first-order valence-electron chi connectivity index (χ1n) is 7.40. The van der Waals surface area contributed by atoms with E-state index in [-0.39, 0.29) is 17.7 Å². The molecule has 1 fully saturated rings. The second-order valence-corrected chi connectivity index (χ2v) is 5.55. The Morgan fingerprint density at radius 1 is 1.00 bits per heavy atom. The molecule has 2 aliphatic heterocycles. The van der Waals surface area contributed by atoms with E-state index in [4.69, 9.17) is 9.47 Å². The number of cyclic esters (lactones) is 2. The van der Waals surface area contributed by atoms with Crippen LogP contribution in [0.25, 0.3) is 0 Å². The van der Waals surface area contributed by atoms with Gasteiger partial charge in [-0.3, -0.25) is 0 Å². The number of carbonyl (C=O) groups is 3. The van der Waals surface area contributed by atoms with Gasteiger partial charge < -0.3 is 14.2 Å². The van der Waals surface area contributed by atoms with Gasteiger partial charge in [-0.2, -0.15) is 0 Å². The number of hydrogen-bond acceptors (Lipinski definition) is 6. The molecule has 2 aromatic carbocycles. The number of ether oxygens (including phenoxy) is 3. The molecule has 0 N–H and O–H groups in total. The number of fused-ring (bicyclic) bond motifs is 1. The number of hydrogen-bond donors (Lipinski definition) is 0. The molecule has 0 spiro atoms. The lowest BCUT2D eigenvalue weighted by Gasteiger charge is -2.03. The van der Waals surface area contributed by atoms with Crippen molar-refractivity contribution in [3.8, 4) is 0 Å². The molecule has 0 aromatic heterocycles. The smallest absolute Gasteiger partial charge is 0.346 e. The van der Waals surface area contributed by atoms with Crippen molar-refractivity contribution in [2.24, 2.45) is 0 Å². The Hall–Kier alpha value is -2.99. The predicted molar refractivity (Wildman–Crippen MR) is 80.0 cm³/mol. The summed E-state index contributed by atoms with van der Waals surface area (Å²) in [7, 11) is 0. The van der Waals surface area contributed by atoms with Gasteiger partial charge in [0.25, 0.3) is 0 Å². The number of benzene rings is 2. The van der Waals surface area contributed by atoms with Gasteiger partial charge in [0.15, 0.2) is 6.10 Å². The van der Waals surface area contributed by atoms with Crippen LogP contribution in [0.4, 0.5) is 0 Å². The van der Waals surface area contributed by atoms with Gasteiger partial charge in [-0.15, -0.1) is 0 Å². The second kappa shape index (κ2) is 5.58. The fraction of sp³-hybridized carbons (Fsp3) is 0.167. The first-order valence-corrected chi connectivity index (χ1v) is 7.40. The molecule has 24 heavy (non-hydrogen) atoms. The summed E-state index contributed by atoms with van der Waals surface area (Å²) in [6.07, 6.45) is -1.16. The summed E-state index contributed by atoms with van der Waals surface area (Å²) in [6, 6.07) is 14.0. The van der Waals surface area contributed by atoms with Crippen molar-refractivity contribution >= 4 is 17.9 Å². The molecule has 1 unspecified atom stereocenters. The van der Waals surface area contributed by atoms with Crippen LogP contribution in [0.5, 0.6) is 0 Å². The van der Waals surface area contributed by atoms with Crippen molar-refractivity contribution in [2.45, 2.75) is 18.8 Å². The van der Waals surface area contributed by atoms with Gasteiger partial charge in [-0.05, 0) is 23.3 Å². The SMILES string of the molecule is O=C1OC(=O)c2cc([C@H]3OC3C(=O)OCc3ccccc3)ccc21. The van der Waals surface area contributed by atoms with Crippen molar-refractivity contribution in [3.63, 3.8) is 0 Å². The average Bonchev–Trinajstić information content (AvgIpc) is 3.35. The van der Waals surface area contributed by atoms with Crippen molar-refractivity contribution in [3.05, 3.63) is 70.8 Å². The molecule has 0 amide bonds. The van der Waals surface area contributed by atoms with Crippen LogP contribution in [0.3, 0.4) is 0 Å². The molecule has 0 aliphatic carbocycles. The maximum absolute atomic E-state index is 12.0. The highest BCUT2D eigenvalue weighted by Crippen LogP contribution is 2.40. The molecule has 2 heterocycles. The summed E-state index contributed by atoms with van der Waals surface area (Å²) in [6.45, 7) is 0.178. The molecule has 6 nitrogen and oxygen atoms in total. The van der Waals surface area contributed by atoms with Gasteiger partial charge in [-0.1, -0.05) is 36.4 Å². The first-order chi connectivity index (χ1) is 11.6. The highest BCUT2D eigenvalue weighted by molar-refractivity contribution is 6.14. The molecule has 0 radical (unpaired) electrons. The Labute approximate surface area is 136 Å². The Balaban J connectivity index is 1.41. The summed E-state index contributed by atoms with van der Waals surface area (Å²) >= 11 is 0. The molecule has 2 aliphatic rings. The van der Waals surface area contributed by atoms with E-state index in [2.05, 4.69) is 4.74 Å². The number of carbonyl (C=O) groups excluding carboxylic acids is 3. The fourth-order valence-corrected chi connectivity index (χ4v) is 2.64. The minimum Gasteiger partial charge on any atom is -0.459 e. The Kier molecular flexibility index (Phi) is 3.39.